The first kappa shape index (κ1) is 25.9. The fourth-order valence-electron chi connectivity index (χ4n) is 3.59. The average molecular weight is 501 g/mol. The van der Waals surface area contributed by atoms with Crippen LogP contribution in [0.15, 0.2) is 66.7 Å². The van der Waals surface area contributed by atoms with Crippen LogP contribution in [-0.2, 0) is 38.1 Å². The van der Waals surface area contributed by atoms with Gasteiger partial charge in [0.25, 0.3) is 0 Å². The zero-order valence-electron chi connectivity index (χ0n) is 18.4. The Morgan fingerprint density at radius 3 is 2.29 bits per heavy atom. The van der Waals surface area contributed by atoms with E-state index in [1.54, 1.807) is 12.1 Å². The van der Waals surface area contributed by atoms with Crippen LogP contribution >= 0.6 is 7.82 Å². The smallest absolute Gasteiger partial charge is 0.508 e. The molecule has 0 heterocycles. The summed E-state index contributed by atoms with van der Waals surface area (Å²) in [5.41, 5.74) is 11.4. The van der Waals surface area contributed by atoms with Crippen LogP contribution in [0.3, 0.4) is 0 Å². The molecule has 0 spiro atoms. The Hall–Kier alpha value is -3.69. The second-order valence-electron chi connectivity index (χ2n) is 7.71. The molecule has 6 N–H and O–H groups in total. The number of carbonyl (C=O) groups excluding carboxylic acids is 1. The fourth-order valence-corrected chi connectivity index (χ4v) is 3.84. The third-order valence-electron chi connectivity index (χ3n) is 5.20. The molecule has 0 aliphatic heterocycles. The number of phosphoric acid groups is 1. The van der Waals surface area contributed by atoms with E-state index >= 15 is 0 Å². The van der Waals surface area contributed by atoms with Crippen molar-refractivity contribution in [3.05, 3.63) is 89.0 Å². The second kappa shape index (κ2) is 11.2. The second-order valence-corrected chi connectivity index (χ2v) is 8.88. The third-order valence-corrected chi connectivity index (χ3v) is 5.58. The van der Waals surface area contributed by atoms with E-state index in [0.717, 1.165) is 34.2 Å². The maximum atomic E-state index is 11.2. The number of carboxylic acids is 1. The average Bonchev–Trinajstić information content (AvgIpc) is 3.18. The van der Waals surface area contributed by atoms with Crippen molar-refractivity contribution < 1.29 is 43.4 Å². The largest absolute Gasteiger partial charge is 0.529 e. The summed E-state index contributed by atoms with van der Waals surface area (Å²) in [6.07, 6.45) is -0.379. The van der Waals surface area contributed by atoms with Crippen LogP contribution in [0, 0.1) is 0 Å². The van der Waals surface area contributed by atoms with Gasteiger partial charge < -0.3 is 25.2 Å². The number of phosphoric ester groups is 1. The van der Waals surface area contributed by atoms with Gasteiger partial charge in [0.05, 0.1) is 0 Å². The van der Waals surface area contributed by atoms with Crippen LogP contribution in [0.25, 0.3) is 11.1 Å². The normalized spacial score (nSPS) is 12.4. The molecule has 3 aromatic carbocycles. The molecule has 1 atom stereocenters. The maximum Gasteiger partial charge on any atom is 0.529 e. The summed E-state index contributed by atoms with van der Waals surface area (Å²) >= 11 is 0. The van der Waals surface area contributed by atoms with Gasteiger partial charge in [0.15, 0.2) is 0 Å². The summed E-state index contributed by atoms with van der Waals surface area (Å²) in [7, 11) is -4.88. The van der Waals surface area contributed by atoms with E-state index in [-0.39, 0.29) is 18.8 Å². The number of ether oxygens (including phenoxy) is 1. The minimum absolute atomic E-state index is 0.101. The molecule has 0 aromatic heterocycles. The van der Waals surface area contributed by atoms with Crippen LogP contribution in [0.5, 0.6) is 5.75 Å². The lowest BCUT2D eigenvalue weighted by Crippen LogP contribution is -2.32. The van der Waals surface area contributed by atoms with Crippen molar-refractivity contribution in [1.82, 2.24) is 0 Å². The topological polar surface area (TPSA) is 177 Å². The molecule has 184 valence electrons. The molecular formula is C24H24NO9P. The van der Waals surface area contributed by atoms with E-state index in [4.69, 9.17) is 30.5 Å². The highest BCUT2D eigenvalue weighted by atomic mass is 31.2. The standard InChI is InChI=1S/C15H13O6P.C9H11NO3/c16-15(21-22(17,18)19)20-9-11-5-3-7-13-12-6-2-1-4-10(12)8-14(11)13;10-8(9(12)13)5-6-1-3-7(11)4-2-6/h1-7H,8-9H2,(H2,17,18,19);1-4,8,11H,5,10H2,(H,12,13). The van der Waals surface area contributed by atoms with E-state index in [1.165, 1.54) is 17.7 Å². The van der Waals surface area contributed by atoms with Crippen molar-refractivity contribution in [2.24, 2.45) is 5.73 Å². The molecule has 0 saturated heterocycles. The summed E-state index contributed by atoms with van der Waals surface area (Å²) in [6, 6.07) is 19.1. The van der Waals surface area contributed by atoms with E-state index in [9.17, 15) is 14.2 Å². The summed E-state index contributed by atoms with van der Waals surface area (Å²) in [6.45, 7) is -0.101. The molecule has 11 heteroatoms. The first-order chi connectivity index (χ1) is 16.5. The summed E-state index contributed by atoms with van der Waals surface area (Å²) < 4.78 is 19.2. The quantitative estimate of drug-likeness (QED) is 0.194. The monoisotopic (exact) mass is 501 g/mol. The molecule has 0 radical (unpaired) electrons. The molecular weight excluding hydrogens is 477 g/mol. The number of benzene rings is 3. The summed E-state index contributed by atoms with van der Waals surface area (Å²) in [5.74, 6) is -0.860. The third kappa shape index (κ3) is 7.40. The van der Waals surface area contributed by atoms with Gasteiger partial charge in [-0.15, -0.1) is 0 Å². The van der Waals surface area contributed by atoms with Crippen molar-refractivity contribution in [1.29, 1.82) is 0 Å². The lowest BCUT2D eigenvalue weighted by atomic mass is 10.0. The predicted octanol–water partition coefficient (Wildman–Crippen LogP) is 3.35. The Balaban J connectivity index is 0.000000225. The van der Waals surface area contributed by atoms with Gasteiger partial charge in [-0.3, -0.25) is 14.6 Å². The molecule has 10 nitrogen and oxygen atoms in total. The van der Waals surface area contributed by atoms with Crippen LogP contribution in [-0.4, -0.2) is 38.2 Å². The van der Waals surface area contributed by atoms with Crippen LogP contribution in [0.2, 0.25) is 0 Å². The number of aromatic hydroxyl groups is 1. The van der Waals surface area contributed by atoms with Crippen LogP contribution in [0.1, 0.15) is 22.3 Å². The minimum Gasteiger partial charge on any atom is -0.508 e. The number of nitrogens with two attached hydrogens (primary N) is 1. The van der Waals surface area contributed by atoms with Crippen molar-refractivity contribution >= 4 is 19.9 Å². The molecule has 4 rings (SSSR count). The van der Waals surface area contributed by atoms with Crippen LogP contribution < -0.4 is 5.73 Å². The molecule has 0 bridgehead atoms. The highest BCUT2D eigenvalue weighted by molar-refractivity contribution is 7.46. The zero-order chi connectivity index (χ0) is 25.6. The fraction of sp³-hybridized carbons (Fsp3) is 0.167. The lowest BCUT2D eigenvalue weighted by molar-refractivity contribution is -0.138. The van der Waals surface area contributed by atoms with Gasteiger partial charge in [0, 0.05) is 0 Å². The van der Waals surface area contributed by atoms with E-state index in [0.29, 0.717) is 0 Å². The Morgan fingerprint density at radius 1 is 0.971 bits per heavy atom. The Labute approximate surface area is 200 Å². The molecule has 0 fully saturated rings. The molecule has 0 amide bonds. The van der Waals surface area contributed by atoms with Crippen molar-refractivity contribution in [3.63, 3.8) is 0 Å². The maximum absolute atomic E-state index is 11.2. The van der Waals surface area contributed by atoms with Gasteiger partial charge in [-0.2, -0.15) is 0 Å². The van der Waals surface area contributed by atoms with E-state index < -0.39 is 26.0 Å². The Morgan fingerprint density at radius 2 is 1.63 bits per heavy atom. The van der Waals surface area contributed by atoms with Crippen molar-refractivity contribution in [2.75, 3.05) is 0 Å². The van der Waals surface area contributed by atoms with E-state index in [1.807, 2.05) is 42.5 Å². The number of fused-ring (bicyclic) bond motifs is 3. The number of carboxylic acid groups (broad SMARTS) is 1. The molecule has 1 aliphatic carbocycles. The number of phenols is 1. The van der Waals surface area contributed by atoms with Gasteiger partial charge in [-0.25, -0.2) is 9.36 Å². The first-order valence-electron chi connectivity index (χ1n) is 10.4. The van der Waals surface area contributed by atoms with Crippen LogP contribution in [0.4, 0.5) is 4.79 Å². The number of hydrogen-bond acceptors (Lipinski definition) is 7. The molecule has 35 heavy (non-hydrogen) atoms. The first-order valence-corrected chi connectivity index (χ1v) is 11.9. The van der Waals surface area contributed by atoms with E-state index in [2.05, 4.69) is 4.52 Å². The van der Waals surface area contributed by atoms with Gasteiger partial charge in [0.2, 0.25) is 0 Å². The van der Waals surface area contributed by atoms with Gasteiger partial charge >= 0.3 is 19.9 Å². The molecule has 1 unspecified atom stereocenters. The van der Waals surface area contributed by atoms with Gasteiger partial charge in [0.1, 0.15) is 18.4 Å². The molecule has 3 aromatic rings. The Kier molecular flexibility index (Phi) is 8.26. The number of aliphatic carboxylic acids is 1. The minimum atomic E-state index is -4.88. The lowest BCUT2D eigenvalue weighted by Gasteiger charge is -2.10. The highest BCUT2D eigenvalue weighted by Gasteiger charge is 2.24. The Bertz CT molecular complexity index is 1250. The number of rotatable bonds is 6. The molecule has 1 aliphatic rings. The highest BCUT2D eigenvalue weighted by Crippen LogP contribution is 2.39. The zero-order valence-corrected chi connectivity index (χ0v) is 19.3. The number of hydrogen-bond donors (Lipinski definition) is 5. The summed E-state index contributed by atoms with van der Waals surface area (Å²) in [5, 5.41) is 17.5. The van der Waals surface area contributed by atoms with Crippen molar-refractivity contribution in [2.45, 2.75) is 25.5 Å². The number of phenolic OH excluding ortho intramolecular Hbond substituents is 1. The summed E-state index contributed by atoms with van der Waals surface area (Å²) in [4.78, 5) is 38.7. The van der Waals surface area contributed by atoms with Gasteiger partial charge in [-0.05, 0) is 58.4 Å². The number of carbonyl (C=O) groups is 2. The van der Waals surface area contributed by atoms with Gasteiger partial charge in [-0.1, -0.05) is 54.6 Å². The predicted molar refractivity (Wildman–Crippen MR) is 125 cm³/mol. The molecule has 0 saturated carbocycles. The SMILES string of the molecule is NC(Cc1ccc(O)cc1)C(=O)O.O=C(OCc1cccc2c1Cc1ccccc1-2)OP(=O)(O)O. The van der Waals surface area contributed by atoms with Crippen molar-refractivity contribution in [3.8, 4) is 16.9 Å².